The molecule has 2 rings (SSSR count). The maximum absolute atomic E-state index is 11.0. The predicted octanol–water partition coefficient (Wildman–Crippen LogP) is 1.62. The van der Waals surface area contributed by atoms with Gasteiger partial charge in [-0.25, -0.2) is 4.98 Å². The number of aromatic nitrogens is 2. The van der Waals surface area contributed by atoms with Crippen molar-refractivity contribution in [2.45, 2.75) is 19.9 Å². The van der Waals surface area contributed by atoms with E-state index in [9.17, 15) is 4.79 Å². The van der Waals surface area contributed by atoms with Gasteiger partial charge in [0.1, 0.15) is 18.0 Å². The average molecular weight is 291 g/mol. The van der Waals surface area contributed by atoms with Gasteiger partial charge in [0.05, 0.1) is 17.6 Å². The molecule has 0 bridgehead atoms. The molecule has 0 aliphatic heterocycles. The minimum absolute atomic E-state index is 0.0773. The monoisotopic (exact) mass is 291 g/mol. The van der Waals surface area contributed by atoms with Gasteiger partial charge in [-0.05, 0) is 33.2 Å². The molecule has 0 unspecified atom stereocenters. The summed E-state index contributed by atoms with van der Waals surface area (Å²) in [6, 6.07) is 5.69. The molecule has 0 spiro atoms. The van der Waals surface area contributed by atoms with Gasteiger partial charge in [-0.15, -0.1) is 0 Å². The van der Waals surface area contributed by atoms with Crippen LogP contribution in [0.3, 0.4) is 0 Å². The van der Waals surface area contributed by atoms with E-state index in [1.807, 2.05) is 43.8 Å². The third-order valence-electron chi connectivity index (χ3n) is 3.19. The molecule has 1 aromatic heterocycles. The Balaban J connectivity index is 2.42. The van der Waals surface area contributed by atoms with E-state index in [-0.39, 0.29) is 6.42 Å². The molecule has 2 aromatic rings. The van der Waals surface area contributed by atoms with Crippen molar-refractivity contribution in [1.29, 1.82) is 0 Å². The Labute approximate surface area is 124 Å². The second kappa shape index (κ2) is 6.58. The largest absolute Gasteiger partial charge is 0.494 e. The highest BCUT2D eigenvalue weighted by atomic mass is 16.5. The van der Waals surface area contributed by atoms with Crippen molar-refractivity contribution in [3.8, 4) is 5.75 Å². The molecule has 1 N–H and O–H groups in total. The molecule has 114 valence electrons. The number of aliphatic carboxylic acids is 1. The molecule has 1 heterocycles. The number of likely N-dealkylation sites (N-methyl/N-ethyl adjacent to an activating group) is 1. The summed E-state index contributed by atoms with van der Waals surface area (Å²) in [4.78, 5) is 17.5. The zero-order chi connectivity index (χ0) is 15.4. The molecule has 0 aliphatic rings. The number of nitrogens with zero attached hydrogens (tertiary/aromatic N) is 3. The van der Waals surface area contributed by atoms with E-state index in [4.69, 9.17) is 9.84 Å². The Morgan fingerprint density at radius 1 is 1.43 bits per heavy atom. The second-order valence-electron chi connectivity index (χ2n) is 5.14. The zero-order valence-corrected chi connectivity index (χ0v) is 12.7. The summed E-state index contributed by atoms with van der Waals surface area (Å²) < 4.78 is 7.44. The fraction of sp³-hybridized carbons (Fsp3) is 0.467. The van der Waals surface area contributed by atoms with Gasteiger partial charge in [-0.3, -0.25) is 4.79 Å². The normalized spacial score (nSPS) is 11.2. The molecular weight excluding hydrogens is 270 g/mol. The summed E-state index contributed by atoms with van der Waals surface area (Å²) in [6.45, 7) is 4.05. The molecule has 0 fully saturated rings. The summed E-state index contributed by atoms with van der Waals surface area (Å²) in [5.74, 6) is 0.457. The number of fused-ring (bicyclic) bond motifs is 1. The number of hydrogen-bond donors (Lipinski definition) is 1. The minimum atomic E-state index is -0.874. The number of carbonyl (C=O) groups is 1. The molecule has 0 saturated carbocycles. The van der Waals surface area contributed by atoms with Crippen LogP contribution in [0.2, 0.25) is 0 Å². The van der Waals surface area contributed by atoms with Gasteiger partial charge in [-0.1, -0.05) is 0 Å². The van der Waals surface area contributed by atoms with E-state index < -0.39 is 5.97 Å². The van der Waals surface area contributed by atoms with Crippen LogP contribution in [0.5, 0.6) is 5.75 Å². The number of ether oxygens (including phenoxy) is 1. The van der Waals surface area contributed by atoms with Crippen molar-refractivity contribution in [2.24, 2.45) is 0 Å². The predicted molar refractivity (Wildman–Crippen MR) is 80.8 cm³/mol. The lowest BCUT2D eigenvalue weighted by Crippen LogP contribution is -2.20. The van der Waals surface area contributed by atoms with Gasteiger partial charge < -0.3 is 19.3 Å². The van der Waals surface area contributed by atoms with Crippen molar-refractivity contribution in [2.75, 3.05) is 27.2 Å². The van der Waals surface area contributed by atoms with E-state index in [1.54, 1.807) is 0 Å². The third kappa shape index (κ3) is 3.72. The van der Waals surface area contributed by atoms with Crippen LogP contribution in [0.4, 0.5) is 0 Å². The standard InChI is InChI=1S/C15H21N3O3/c1-4-21-11-5-6-13-12(9-11)16-14(10-15(19)20)18(13)8-7-17(2)3/h5-6,9H,4,7-8,10H2,1-3H3,(H,19,20). The molecule has 0 radical (unpaired) electrons. The summed E-state index contributed by atoms with van der Waals surface area (Å²) in [7, 11) is 3.98. The van der Waals surface area contributed by atoms with Crippen LogP contribution >= 0.6 is 0 Å². The minimum Gasteiger partial charge on any atom is -0.494 e. The first kappa shape index (κ1) is 15.3. The molecule has 0 atom stereocenters. The Morgan fingerprint density at radius 3 is 2.81 bits per heavy atom. The Bertz CT molecular complexity index is 634. The molecule has 0 aliphatic carbocycles. The average Bonchev–Trinajstić information content (AvgIpc) is 2.72. The van der Waals surface area contributed by atoms with Gasteiger partial charge >= 0.3 is 5.97 Å². The van der Waals surface area contributed by atoms with Gasteiger partial charge in [0.2, 0.25) is 0 Å². The van der Waals surface area contributed by atoms with Crippen LogP contribution in [-0.2, 0) is 17.8 Å². The number of imidazole rings is 1. The smallest absolute Gasteiger partial charge is 0.311 e. The molecule has 0 amide bonds. The van der Waals surface area contributed by atoms with Crippen molar-refractivity contribution in [3.05, 3.63) is 24.0 Å². The van der Waals surface area contributed by atoms with Crippen molar-refractivity contribution in [3.63, 3.8) is 0 Å². The molecule has 6 heteroatoms. The summed E-state index contributed by atoms with van der Waals surface area (Å²) in [5, 5.41) is 9.04. The topological polar surface area (TPSA) is 67.6 Å². The zero-order valence-electron chi connectivity index (χ0n) is 12.7. The number of carboxylic acid groups (broad SMARTS) is 1. The van der Waals surface area contributed by atoms with Crippen LogP contribution in [0.15, 0.2) is 18.2 Å². The summed E-state index contributed by atoms with van der Waals surface area (Å²) in [6.07, 6.45) is -0.0773. The van der Waals surface area contributed by atoms with Gasteiger partial charge in [0.25, 0.3) is 0 Å². The fourth-order valence-electron chi connectivity index (χ4n) is 2.24. The van der Waals surface area contributed by atoms with Crippen LogP contribution in [0.1, 0.15) is 12.7 Å². The lowest BCUT2D eigenvalue weighted by atomic mass is 10.3. The summed E-state index contributed by atoms with van der Waals surface area (Å²) in [5.41, 5.74) is 1.72. The van der Waals surface area contributed by atoms with Crippen LogP contribution < -0.4 is 4.74 Å². The van der Waals surface area contributed by atoms with Crippen molar-refractivity contribution >= 4 is 17.0 Å². The highest BCUT2D eigenvalue weighted by Gasteiger charge is 2.14. The number of rotatable bonds is 7. The number of benzene rings is 1. The summed E-state index contributed by atoms with van der Waals surface area (Å²) >= 11 is 0. The molecule has 6 nitrogen and oxygen atoms in total. The van der Waals surface area contributed by atoms with E-state index in [0.29, 0.717) is 19.0 Å². The highest BCUT2D eigenvalue weighted by Crippen LogP contribution is 2.22. The van der Waals surface area contributed by atoms with E-state index in [0.717, 1.165) is 23.3 Å². The SMILES string of the molecule is CCOc1ccc2c(c1)nc(CC(=O)O)n2CCN(C)C. The quantitative estimate of drug-likeness (QED) is 0.839. The lowest BCUT2D eigenvalue weighted by molar-refractivity contribution is -0.136. The van der Waals surface area contributed by atoms with Gasteiger partial charge in [0.15, 0.2) is 0 Å². The molecule has 0 saturated heterocycles. The van der Waals surface area contributed by atoms with Crippen LogP contribution in [0, 0.1) is 0 Å². The first-order valence-corrected chi connectivity index (χ1v) is 6.99. The van der Waals surface area contributed by atoms with Gasteiger partial charge in [-0.2, -0.15) is 0 Å². The van der Waals surface area contributed by atoms with E-state index in [1.165, 1.54) is 0 Å². The Morgan fingerprint density at radius 2 is 2.19 bits per heavy atom. The maximum atomic E-state index is 11.0. The second-order valence-corrected chi connectivity index (χ2v) is 5.14. The Kier molecular flexibility index (Phi) is 4.80. The van der Waals surface area contributed by atoms with Crippen molar-refractivity contribution in [1.82, 2.24) is 14.5 Å². The number of carboxylic acids is 1. The van der Waals surface area contributed by atoms with Crippen molar-refractivity contribution < 1.29 is 14.6 Å². The lowest BCUT2D eigenvalue weighted by Gasteiger charge is -2.13. The molecule has 21 heavy (non-hydrogen) atoms. The first-order chi connectivity index (χ1) is 10.0. The fourth-order valence-corrected chi connectivity index (χ4v) is 2.24. The number of hydrogen-bond acceptors (Lipinski definition) is 4. The Hall–Kier alpha value is -2.08. The molecule has 1 aromatic carbocycles. The molecular formula is C15H21N3O3. The van der Waals surface area contributed by atoms with E-state index in [2.05, 4.69) is 9.88 Å². The van der Waals surface area contributed by atoms with Gasteiger partial charge in [0, 0.05) is 19.2 Å². The first-order valence-electron chi connectivity index (χ1n) is 6.99. The van der Waals surface area contributed by atoms with Crippen LogP contribution in [-0.4, -0.2) is 52.8 Å². The third-order valence-corrected chi connectivity index (χ3v) is 3.19. The highest BCUT2D eigenvalue weighted by molar-refractivity contribution is 5.79. The van der Waals surface area contributed by atoms with Crippen LogP contribution in [0.25, 0.3) is 11.0 Å². The maximum Gasteiger partial charge on any atom is 0.311 e. The van der Waals surface area contributed by atoms with E-state index >= 15 is 0 Å².